The Kier molecular flexibility index (Phi) is 5.63. The maximum absolute atomic E-state index is 10.5. The fourth-order valence-corrected chi connectivity index (χ4v) is 2.37. The van der Waals surface area contributed by atoms with Crippen molar-refractivity contribution >= 4 is 12.0 Å². The van der Waals surface area contributed by atoms with Crippen LogP contribution in [0.25, 0.3) is 6.08 Å². The first-order chi connectivity index (χ1) is 10.2. The highest BCUT2D eigenvalue weighted by molar-refractivity contribution is 5.85. The molecule has 1 N–H and O–H groups in total. The molecule has 2 rings (SSSR count). The Hall–Kier alpha value is -2.01. The van der Waals surface area contributed by atoms with E-state index in [0.717, 1.165) is 31.3 Å². The Bertz CT molecular complexity index is 507. The van der Waals surface area contributed by atoms with E-state index < -0.39 is 5.97 Å². The van der Waals surface area contributed by atoms with Crippen LogP contribution in [-0.2, 0) is 4.79 Å². The maximum atomic E-state index is 10.5. The van der Waals surface area contributed by atoms with E-state index in [2.05, 4.69) is 4.90 Å². The summed E-state index contributed by atoms with van der Waals surface area (Å²) in [6.07, 6.45) is 5.17. The van der Waals surface area contributed by atoms with Crippen molar-refractivity contribution < 1.29 is 19.4 Å². The fraction of sp³-hybridized carbons (Fsp3) is 0.438. The lowest BCUT2D eigenvalue weighted by atomic mass is 10.2. The van der Waals surface area contributed by atoms with Crippen LogP contribution in [0.15, 0.2) is 24.3 Å². The van der Waals surface area contributed by atoms with Crippen molar-refractivity contribution in [2.24, 2.45) is 0 Å². The molecule has 0 saturated carbocycles. The minimum Gasteiger partial charge on any atom is -0.493 e. The number of carboxylic acids is 1. The van der Waals surface area contributed by atoms with E-state index in [1.165, 1.54) is 18.9 Å². The Balaban J connectivity index is 1.93. The summed E-state index contributed by atoms with van der Waals surface area (Å²) in [7, 11) is 1.58. The van der Waals surface area contributed by atoms with Crippen molar-refractivity contribution in [1.29, 1.82) is 0 Å². The molecule has 0 aliphatic carbocycles. The summed E-state index contributed by atoms with van der Waals surface area (Å²) >= 11 is 0. The fourth-order valence-electron chi connectivity index (χ4n) is 2.37. The summed E-state index contributed by atoms with van der Waals surface area (Å²) in [5, 5.41) is 8.63. The van der Waals surface area contributed by atoms with Crippen molar-refractivity contribution in [3.05, 3.63) is 29.8 Å². The molecule has 0 aromatic heterocycles. The normalized spacial score (nSPS) is 15.5. The summed E-state index contributed by atoms with van der Waals surface area (Å²) in [5.41, 5.74) is 0.765. The third-order valence-electron chi connectivity index (χ3n) is 3.47. The summed E-state index contributed by atoms with van der Waals surface area (Å²) in [6.45, 7) is 3.85. The summed E-state index contributed by atoms with van der Waals surface area (Å²) < 4.78 is 11.1. The van der Waals surface area contributed by atoms with Crippen LogP contribution >= 0.6 is 0 Å². The van der Waals surface area contributed by atoms with Crippen LogP contribution in [0.4, 0.5) is 0 Å². The van der Waals surface area contributed by atoms with Crippen LogP contribution in [-0.4, -0.2) is 49.3 Å². The molecule has 1 fully saturated rings. The van der Waals surface area contributed by atoms with Gasteiger partial charge in [-0.25, -0.2) is 4.79 Å². The van der Waals surface area contributed by atoms with Gasteiger partial charge < -0.3 is 14.6 Å². The largest absolute Gasteiger partial charge is 0.493 e. The van der Waals surface area contributed by atoms with Crippen LogP contribution in [0, 0.1) is 0 Å². The van der Waals surface area contributed by atoms with E-state index in [0.29, 0.717) is 18.1 Å². The minimum atomic E-state index is -0.972. The van der Waals surface area contributed by atoms with E-state index >= 15 is 0 Å². The molecule has 0 spiro atoms. The summed E-state index contributed by atoms with van der Waals surface area (Å²) in [6, 6.07) is 5.39. The molecular formula is C16H21NO4. The maximum Gasteiger partial charge on any atom is 0.328 e. The lowest BCUT2D eigenvalue weighted by Gasteiger charge is -2.16. The number of carboxylic acid groups (broad SMARTS) is 1. The Morgan fingerprint density at radius 2 is 2.10 bits per heavy atom. The Labute approximate surface area is 124 Å². The topological polar surface area (TPSA) is 59.0 Å². The third kappa shape index (κ3) is 4.79. The Morgan fingerprint density at radius 3 is 2.76 bits per heavy atom. The number of ether oxygens (including phenoxy) is 2. The number of rotatable bonds is 7. The van der Waals surface area contributed by atoms with Gasteiger partial charge in [0.2, 0.25) is 0 Å². The molecule has 1 saturated heterocycles. The molecule has 0 amide bonds. The second kappa shape index (κ2) is 7.69. The summed E-state index contributed by atoms with van der Waals surface area (Å²) in [4.78, 5) is 12.9. The van der Waals surface area contributed by atoms with Crippen LogP contribution in [0.5, 0.6) is 11.5 Å². The lowest BCUT2D eigenvalue weighted by molar-refractivity contribution is -0.131. The van der Waals surface area contributed by atoms with Gasteiger partial charge in [-0.2, -0.15) is 0 Å². The average Bonchev–Trinajstić information content (AvgIpc) is 2.99. The van der Waals surface area contributed by atoms with Crippen molar-refractivity contribution in [2.75, 3.05) is 33.4 Å². The van der Waals surface area contributed by atoms with Crippen molar-refractivity contribution in [1.82, 2.24) is 4.90 Å². The van der Waals surface area contributed by atoms with Crippen molar-refractivity contribution in [2.45, 2.75) is 12.8 Å². The standard InChI is InChI=1S/C16H21NO4/c1-20-15-12-13(5-7-16(18)19)4-6-14(15)21-11-10-17-8-2-3-9-17/h4-7,12H,2-3,8-11H2,1H3,(H,18,19). The molecule has 1 heterocycles. The van der Waals surface area contributed by atoms with E-state index in [9.17, 15) is 4.79 Å². The van der Waals surface area contributed by atoms with Crippen molar-refractivity contribution in [3.63, 3.8) is 0 Å². The second-order valence-electron chi connectivity index (χ2n) is 4.98. The zero-order valence-electron chi connectivity index (χ0n) is 12.2. The predicted molar refractivity (Wildman–Crippen MR) is 80.8 cm³/mol. The predicted octanol–water partition coefficient (Wildman–Crippen LogP) is 2.27. The summed E-state index contributed by atoms with van der Waals surface area (Å²) in [5.74, 6) is 0.327. The molecule has 1 aliphatic heterocycles. The number of aliphatic carboxylic acids is 1. The first-order valence-electron chi connectivity index (χ1n) is 7.13. The quantitative estimate of drug-likeness (QED) is 0.781. The number of methoxy groups -OCH3 is 1. The second-order valence-corrected chi connectivity index (χ2v) is 4.98. The zero-order chi connectivity index (χ0) is 15.1. The molecule has 0 atom stereocenters. The van der Waals surface area contributed by atoms with Crippen LogP contribution in [0.3, 0.4) is 0 Å². The number of likely N-dealkylation sites (tertiary alicyclic amines) is 1. The molecule has 5 heteroatoms. The number of benzene rings is 1. The van der Waals surface area contributed by atoms with E-state index in [1.54, 1.807) is 13.2 Å². The van der Waals surface area contributed by atoms with Gasteiger partial charge >= 0.3 is 5.97 Å². The molecule has 114 valence electrons. The minimum absolute atomic E-state index is 0.615. The first-order valence-corrected chi connectivity index (χ1v) is 7.13. The van der Waals surface area contributed by atoms with Crippen LogP contribution in [0.1, 0.15) is 18.4 Å². The van der Waals surface area contributed by atoms with Gasteiger partial charge in [0.1, 0.15) is 6.61 Å². The molecule has 21 heavy (non-hydrogen) atoms. The molecule has 1 aromatic rings. The van der Waals surface area contributed by atoms with Gasteiger partial charge in [0, 0.05) is 12.6 Å². The smallest absolute Gasteiger partial charge is 0.328 e. The van der Waals surface area contributed by atoms with E-state index in [-0.39, 0.29) is 0 Å². The zero-order valence-corrected chi connectivity index (χ0v) is 12.2. The highest BCUT2D eigenvalue weighted by Gasteiger charge is 2.11. The molecule has 0 unspecified atom stereocenters. The SMILES string of the molecule is COc1cc(C=CC(=O)O)ccc1OCCN1CCCC1. The molecule has 0 radical (unpaired) electrons. The van der Waals surface area contributed by atoms with E-state index in [1.807, 2.05) is 12.1 Å². The molecule has 5 nitrogen and oxygen atoms in total. The monoisotopic (exact) mass is 291 g/mol. The van der Waals surface area contributed by atoms with Gasteiger partial charge in [0.25, 0.3) is 0 Å². The molecule has 0 bridgehead atoms. The highest BCUT2D eigenvalue weighted by Crippen LogP contribution is 2.28. The van der Waals surface area contributed by atoms with Gasteiger partial charge in [-0.05, 0) is 49.7 Å². The Morgan fingerprint density at radius 1 is 1.33 bits per heavy atom. The molecule has 1 aliphatic rings. The van der Waals surface area contributed by atoms with Gasteiger partial charge in [0.15, 0.2) is 11.5 Å². The number of nitrogens with zero attached hydrogens (tertiary/aromatic N) is 1. The highest BCUT2D eigenvalue weighted by atomic mass is 16.5. The van der Waals surface area contributed by atoms with Gasteiger partial charge in [-0.15, -0.1) is 0 Å². The van der Waals surface area contributed by atoms with Gasteiger partial charge in [-0.1, -0.05) is 6.07 Å². The van der Waals surface area contributed by atoms with Crippen molar-refractivity contribution in [3.8, 4) is 11.5 Å². The number of hydrogen-bond donors (Lipinski definition) is 1. The van der Waals surface area contributed by atoms with Crippen LogP contribution < -0.4 is 9.47 Å². The molecule has 1 aromatic carbocycles. The van der Waals surface area contributed by atoms with Crippen LogP contribution in [0.2, 0.25) is 0 Å². The first kappa shape index (κ1) is 15.4. The van der Waals surface area contributed by atoms with E-state index in [4.69, 9.17) is 14.6 Å². The number of hydrogen-bond acceptors (Lipinski definition) is 4. The van der Waals surface area contributed by atoms with Gasteiger partial charge in [-0.3, -0.25) is 4.90 Å². The third-order valence-corrected chi connectivity index (χ3v) is 3.47. The average molecular weight is 291 g/mol. The lowest BCUT2D eigenvalue weighted by Crippen LogP contribution is -2.25. The number of carbonyl (C=O) groups is 1. The van der Waals surface area contributed by atoms with Gasteiger partial charge in [0.05, 0.1) is 7.11 Å². The molecular weight excluding hydrogens is 270 g/mol.